The largest absolute Gasteiger partial charge is 0.378 e. The lowest BCUT2D eigenvalue weighted by atomic mass is 9.51. The van der Waals surface area contributed by atoms with E-state index >= 15 is 0 Å². The normalized spacial score (nSPS) is 30.9. The first kappa shape index (κ1) is 13.3. The molecule has 0 aromatic rings. The lowest BCUT2D eigenvalue weighted by molar-refractivity contribution is -0.172. The van der Waals surface area contributed by atoms with E-state index in [9.17, 15) is 8.42 Å². The van der Waals surface area contributed by atoms with Gasteiger partial charge in [0.15, 0.2) is 0 Å². The van der Waals surface area contributed by atoms with Gasteiger partial charge >= 0.3 is 0 Å². The first-order valence-corrected chi connectivity index (χ1v) is 8.57. The molecule has 0 amide bonds. The van der Waals surface area contributed by atoms with E-state index in [1.54, 1.807) is 0 Å². The van der Waals surface area contributed by atoms with E-state index in [0.29, 0.717) is 24.1 Å². The van der Waals surface area contributed by atoms with Gasteiger partial charge in [0.2, 0.25) is 0 Å². The lowest BCUT2D eigenvalue weighted by Gasteiger charge is -2.61. The van der Waals surface area contributed by atoms with Crippen LogP contribution in [0.5, 0.6) is 0 Å². The highest BCUT2D eigenvalue weighted by atomic mass is 32.2. The minimum atomic E-state index is -2.85. The van der Waals surface area contributed by atoms with Gasteiger partial charge in [0.1, 0.15) is 9.84 Å². The standard InChI is InChI=1S/C12H23NO3S/c1-3-16-11-9-10(12(11)5-4-6-12)13-7-8-17(2,14)15/h10-11,13H,3-9H2,1-2H3. The highest BCUT2D eigenvalue weighted by Gasteiger charge is 2.58. The summed E-state index contributed by atoms with van der Waals surface area (Å²) in [6.07, 6.45) is 6.47. The van der Waals surface area contributed by atoms with Crippen LogP contribution in [0.2, 0.25) is 0 Å². The minimum Gasteiger partial charge on any atom is -0.378 e. The third-order valence-corrected chi connectivity index (χ3v) is 5.25. The van der Waals surface area contributed by atoms with Gasteiger partial charge in [0, 0.05) is 30.9 Å². The maximum absolute atomic E-state index is 11.1. The second kappa shape index (κ2) is 4.86. The van der Waals surface area contributed by atoms with Crippen LogP contribution in [0, 0.1) is 5.41 Å². The van der Waals surface area contributed by atoms with Gasteiger partial charge in [-0.2, -0.15) is 0 Å². The van der Waals surface area contributed by atoms with E-state index in [1.165, 1.54) is 25.5 Å². The second-order valence-corrected chi connectivity index (χ2v) is 7.66. The minimum absolute atomic E-state index is 0.235. The second-order valence-electron chi connectivity index (χ2n) is 5.40. The van der Waals surface area contributed by atoms with E-state index in [-0.39, 0.29) is 5.75 Å². The van der Waals surface area contributed by atoms with Crippen LogP contribution in [0.15, 0.2) is 0 Å². The molecule has 0 bridgehead atoms. The third-order valence-electron chi connectivity index (χ3n) is 4.30. The van der Waals surface area contributed by atoms with Crippen LogP contribution in [-0.2, 0) is 14.6 Å². The molecule has 0 heterocycles. The van der Waals surface area contributed by atoms with Crippen molar-refractivity contribution >= 4 is 9.84 Å². The Hall–Kier alpha value is -0.130. The molecule has 2 fully saturated rings. The van der Waals surface area contributed by atoms with Crippen molar-refractivity contribution in [1.82, 2.24) is 5.32 Å². The molecule has 1 N–H and O–H groups in total. The summed E-state index contributed by atoms with van der Waals surface area (Å²) in [6.45, 7) is 3.39. The number of sulfone groups is 1. The first-order chi connectivity index (χ1) is 7.98. The first-order valence-electron chi connectivity index (χ1n) is 6.50. The zero-order chi connectivity index (χ0) is 12.5. The molecule has 1 spiro atoms. The summed E-state index contributed by atoms with van der Waals surface area (Å²) in [6, 6.07) is 0.467. The summed E-state index contributed by atoms with van der Waals surface area (Å²) in [5.74, 6) is 0.235. The fourth-order valence-corrected chi connectivity index (χ4v) is 3.63. The van der Waals surface area contributed by atoms with Gasteiger partial charge in [-0.1, -0.05) is 6.42 Å². The monoisotopic (exact) mass is 261 g/mol. The zero-order valence-corrected chi connectivity index (χ0v) is 11.6. The predicted molar refractivity (Wildman–Crippen MR) is 67.8 cm³/mol. The van der Waals surface area contributed by atoms with Gasteiger partial charge in [-0.3, -0.25) is 0 Å². The SMILES string of the molecule is CCOC1CC(NCCS(C)(=O)=O)C12CCC2. The summed E-state index contributed by atoms with van der Waals surface area (Å²) in [5.41, 5.74) is 0.327. The molecule has 4 nitrogen and oxygen atoms in total. The maximum Gasteiger partial charge on any atom is 0.148 e. The van der Waals surface area contributed by atoms with Gasteiger partial charge in [0.05, 0.1) is 11.9 Å². The molecule has 17 heavy (non-hydrogen) atoms. The quantitative estimate of drug-likeness (QED) is 0.774. The van der Waals surface area contributed by atoms with Crippen molar-refractivity contribution in [2.75, 3.05) is 25.2 Å². The highest BCUT2D eigenvalue weighted by Crippen LogP contribution is 2.57. The molecule has 2 atom stereocenters. The van der Waals surface area contributed by atoms with Crippen molar-refractivity contribution in [2.45, 2.75) is 44.8 Å². The van der Waals surface area contributed by atoms with Gasteiger partial charge < -0.3 is 10.1 Å². The van der Waals surface area contributed by atoms with Crippen molar-refractivity contribution in [3.8, 4) is 0 Å². The van der Waals surface area contributed by atoms with Crippen LogP contribution in [0.25, 0.3) is 0 Å². The molecule has 2 unspecified atom stereocenters. The molecule has 2 aliphatic carbocycles. The molecule has 2 saturated carbocycles. The smallest absolute Gasteiger partial charge is 0.148 e. The van der Waals surface area contributed by atoms with E-state index < -0.39 is 9.84 Å². The van der Waals surface area contributed by atoms with Crippen molar-refractivity contribution in [3.63, 3.8) is 0 Å². The number of rotatable bonds is 6. The highest BCUT2D eigenvalue weighted by molar-refractivity contribution is 7.90. The molecule has 2 rings (SSSR count). The Balaban J connectivity index is 1.79. The van der Waals surface area contributed by atoms with E-state index in [4.69, 9.17) is 4.74 Å². The average molecular weight is 261 g/mol. The van der Waals surface area contributed by atoms with Gasteiger partial charge in [0.25, 0.3) is 0 Å². The molecule has 2 aliphatic rings. The zero-order valence-electron chi connectivity index (χ0n) is 10.7. The Labute approximate surface area is 104 Å². The summed E-state index contributed by atoms with van der Waals surface area (Å²) >= 11 is 0. The Morgan fingerprint density at radius 2 is 2.12 bits per heavy atom. The van der Waals surface area contributed by atoms with Gasteiger partial charge in [-0.25, -0.2) is 8.42 Å². The van der Waals surface area contributed by atoms with E-state index in [0.717, 1.165) is 13.0 Å². The Morgan fingerprint density at radius 3 is 2.59 bits per heavy atom. The summed E-state index contributed by atoms with van der Waals surface area (Å²) in [7, 11) is -2.85. The van der Waals surface area contributed by atoms with Gasteiger partial charge in [-0.15, -0.1) is 0 Å². The molecular weight excluding hydrogens is 238 g/mol. The van der Waals surface area contributed by atoms with Gasteiger partial charge in [-0.05, 0) is 26.2 Å². The maximum atomic E-state index is 11.1. The molecule has 100 valence electrons. The average Bonchev–Trinajstić information content (AvgIpc) is 2.10. The Morgan fingerprint density at radius 1 is 1.41 bits per heavy atom. The topological polar surface area (TPSA) is 55.4 Å². The molecule has 0 saturated heterocycles. The van der Waals surface area contributed by atoms with Crippen LogP contribution in [-0.4, -0.2) is 45.7 Å². The molecular formula is C12H23NO3S. The van der Waals surface area contributed by atoms with Crippen LogP contribution in [0.1, 0.15) is 32.6 Å². The molecule has 0 aromatic heterocycles. The summed E-state index contributed by atoms with van der Waals surface area (Å²) < 4.78 is 27.9. The lowest BCUT2D eigenvalue weighted by Crippen LogP contribution is -2.67. The summed E-state index contributed by atoms with van der Waals surface area (Å²) in [5, 5.41) is 3.40. The van der Waals surface area contributed by atoms with Crippen LogP contribution < -0.4 is 5.32 Å². The predicted octanol–water partition coefficient (Wildman–Crippen LogP) is 0.968. The Kier molecular flexibility index (Phi) is 3.80. The van der Waals surface area contributed by atoms with Crippen molar-refractivity contribution in [3.05, 3.63) is 0 Å². The Bertz CT molecular complexity index is 362. The number of hydrogen-bond donors (Lipinski definition) is 1. The van der Waals surface area contributed by atoms with Crippen molar-refractivity contribution in [1.29, 1.82) is 0 Å². The van der Waals surface area contributed by atoms with Crippen molar-refractivity contribution in [2.24, 2.45) is 5.41 Å². The fraction of sp³-hybridized carbons (Fsp3) is 1.00. The van der Waals surface area contributed by atoms with Crippen LogP contribution >= 0.6 is 0 Å². The molecule has 0 radical (unpaired) electrons. The third kappa shape index (κ3) is 2.66. The van der Waals surface area contributed by atoms with E-state index in [1.807, 2.05) is 6.92 Å². The molecule has 0 aromatic carbocycles. The summed E-state index contributed by atoms with van der Waals surface area (Å²) in [4.78, 5) is 0. The van der Waals surface area contributed by atoms with Crippen molar-refractivity contribution < 1.29 is 13.2 Å². The number of hydrogen-bond acceptors (Lipinski definition) is 4. The fourth-order valence-electron chi connectivity index (χ4n) is 3.14. The van der Waals surface area contributed by atoms with Crippen LogP contribution in [0.3, 0.4) is 0 Å². The molecule has 5 heteroatoms. The van der Waals surface area contributed by atoms with Crippen LogP contribution in [0.4, 0.5) is 0 Å². The number of nitrogens with one attached hydrogen (secondary N) is 1. The molecule has 0 aliphatic heterocycles. The van der Waals surface area contributed by atoms with E-state index in [2.05, 4.69) is 5.32 Å². The number of ether oxygens (including phenoxy) is 1.